The zero-order valence-electron chi connectivity index (χ0n) is 9.40. The van der Waals surface area contributed by atoms with Gasteiger partial charge in [0.2, 0.25) is 0 Å². The fraction of sp³-hybridized carbons (Fsp3) is 0. The Kier molecular flexibility index (Phi) is 3.52. The van der Waals surface area contributed by atoms with Crippen LogP contribution in [0.25, 0.3) is 0 Å². The summed E-state index contributed by atoms with van der Waals surface area (Å²) in [4.78, 5) is 3.89. The molecule has 2 aromatic rings. The molecule has 0 fully saturated rings. The van der Waals surface area contributed by atoms with E-state index in [1.54, 1.807) is 12.1 Å². The molecule has 0 atom stereocenters. The van der Waals surface area contributed by atoms with Gasteiger partial charge in [-0.2, -0.15) is 0 Å². The molecule has 0 saturated carbocycles. The van der Waals surface area contributed by atoms with E-state index in [9.17, 15) is 8.78 Å². The van der Waals surface area contributed by atoms with E-state index >= 15 is 0 Å². The van der Waals surface area contributed by atoms with Gasteiger partial charge in [-0.25, -0.2) is 13.8 Å². The van der Waals surface area contributed by atoms with E-state index < -0.39 is 5.82 Å². The number of anilines is 1. The van der Waals surface area contributed by atoms with Crippen LogP contribution < -0.4 is 11.1 Å². The van der Waals surface area contributed by atoms with Crippen LogP contribution in [0.1, 0.15) is 0 Å². The molecule has 0 aliphatic rings. The van der Waals surface area contributed by atoms with Gasteiger partial charge in [0, 0.05) is 5.69 Å². The maximum absolute atomic E-state index is 13.3. The van der Waals surface area contributed by atoms with Crippen molar-refractivity contribution < 1.29 is 8.78 Å². The SMILES string of the molecule is NC(=Nc1ccccc1F)Nc1ccc(F)cc1. The minimum Gasteiger partial charge on any atom is -0.369 e. The van der Waals surface area contributed by atoms with Gasteiger partial charge in [0.1, 0.15) is 17.3 Å². The van der Waals surface area contributed by atoms with E-state index in [1.165, 1.54) is 36.4 Å². The van der Waals surface area contributed by atoms with Crippen LogP contribution in [-0.4, -0.2) is 5.96 Å². The van der Waals surface area contributed by atoms with Gasteiger partial charge in [-0.3, -0.25) is 0 Å². The Morgan fingerprint density at radius 2 is 1.67 bits per heavy atom. The summed E-state index contributed by atoms with van der Waals surface area (Å²) in [5.41, 5.74) is 6.34. The molecule has 3 nitrogen and oxygen atoms in total. The maximum Gasteiger partial charge on any atom is 0.198 e. The second kappa shape index (κ2) is 5.27. The van der Waals surface area contributed by atoms with Crippen LogP contribution in [-0.2, 0) is 0 Å². The van der Waals surface area contributed by atoms with Gasteiger partial charge < -0.3 is 11.1 Å². The Hall–Kier alpha value is -2.43. The van der Waals surface area contributed by atoms with Crippen LogP contribution >= 0.6 is 0 Å². The highest BCUT2D eigenvalue weighted by Gasteiger charge is 2.00. The lowest BCUT2D eigenvalue weighted by atomic mass is 10.3. The van der Waals surface area contributed by atoms with Gasteiger partial charge in [-0.15, -0.1) is 0 Å². The molecule has 0 amide bonds. The van der Waals surface area contributed by atoms with E-state index in [0.717, 1.165) is 0 Å². The van der Waals surface area contributed by atoms with Crippen LogP contribution in [0.2, 0.25) is 0 Å². The molecule has 0 radical (unpaired) electrons. The number of guanidine groups is 1. The standard InChI is InChI=1S/C13H11F2N3/c14-9-5-7-10(8-6-9)17-13(16)18-12-4-2-1-3-11(12)15/h1-8H,(H3,16,17,18). The van der Waals surface area contributed by atoms with Gasteiger partial charge >= 0.3 is 0 Å². The van der Waals surface area contributed by atoms with Crippen LogP contribution in [0.4, 0.5) is 20.2 Å². The zero-order valence-corrected chi connectivity index (χ0v) is 9.40. The number of benzene rings is 2. The lowest BCUT2D eigenvalue weighted by molar-refractivity contribution is 0.628. The monoisotopic (exact) mass is 247 g/mol. The predicted molar refractivity (Wildman–Crippen MR) is 67.7 cm³/mol. The third-order valence-corrected chi connectivity index (χ3v) is 2.21. The first kappa shape index (κ1) is 12.0. The maximum atomic E-state index is 13.3. The van der Waals surface area contributed by atoms with Gasteiger partial charge in [0.05, 0.1) is 0 Å². The van der Waals surface area contributed by atoms with Gasteiger partial charge in [0.25, 0.3) is 0 Å². The first-order valence-corrected chi connectivity index (χ1v) is 5.26. The number of halogens is 2. The van der Waals surface area contributed by atoms with Crippen LogP contribution in [0, 0.1) is 11.6 Å². The van der Waals surface area contributed by atoms with Crippen molar-refractivity contribution in [3.05, 3.63) is 60.2 Å². The molecule has 0 spiro atoms. The van der Waals surface area contributed by atoms with E-state index in [4.69, 9.17) is 5.73 Å². The summed E-state index contributed by atoms with van der Waals surface area (Å²) in [6.45, 7) is 0. The summed E-state index contributed by atoms with van der Waals surface area (Å²) in [6.07, 6.45) is 0. The minimum absolute atomic E-state index is 0.0340. The second-order valence-electron chi connectivity index (χ2n) is 3.58. The fourth-order valence-electron chi connectivity index (χ4n) is 1.38. The van der Waals surface area contributed by atoms with Crippen molar-refractivity contribution >= 4 is 17.3 Å². The van der Waals surface area contributed by atoms with Crippen molar-refractivity contribution in [2.45, 2.75) is 0 Å². The summed E-state index contributed by atoms with van der Waals surface area (Å²) in [5.74, 6) is -0.766. The highest BCUT2D eigenvalue weighted by molar-refractivity contribution is 5.93. The normalized spacial score (nSPS) is 11.3. The summed E-state index contributed by atoms with van der Waals surface area (Å²) in [5, 5.41) is 2.74. The Balaban J connectivity index is 2.15. The van der Waals surface area contributed by atoms with E-state index in [2.05, 4.69) is 10.3 Å². The van der Waals surface area contributed by atoms with Gasteiger partial charge in [-0.05, 0) is 36.4 Å². The number of nitrogens with one attached hydrogen (secondary N) is 1. The summed E-state index contributed by atoms with van der Waals surface area (Å²) in [7, 11) is 0. The number of nitrogens with zero attached hydrogens (tertiary/aromatic N) is 1. The second-order valence-corrected chi connectivity index (χ2v) is 3.58. The lowest BCUT2D eigenvalue weighted by Crippen LogP contribution is -2.21. The predicted octanol–water partition coefficient (Wildman–Crippen LogP) is 3.02. The van der Waals surface area contributed by atoms with Gasteiger partial charge in [0.15, 0.2) is 5.96 Å². The van der Waals surface area contributed by atoms with Crippen molar-refractivity contribution in [3.8, 4) is 0 Å². The number of aliphatic imine (C=N–C) groups is 1. The summed E-state index contributed by atoms with van der Waals surface area (Å²) >= 11 is 0. The van der Waals surface area contributed by atoms with Crippen molar-refractivity contribution in [2.75, 3.05) is 5.32 Å². The molecule has 0 saturated heterocycles. The molecule has 3 N–H and O–H groups in total. The molecule has 2 rings (SSSR count). The lowest BCUT2D eigenvalue weighted by Gasteiger charge is -2.05. The number of hydrogen-bond acceptors (Lipinski definition) is 1. The molecule has 0 aliphatic heterocycles. The molecule has 92 valence electrons. The third-order valence-electron chi connectivity index (χ3n) is 2.21. The largest absolute Gasteiger partial charge is 0.369 e. The quantitative estimate of drug-likeness (QED) is 0.633. The smallest absolute Gasteiger partial charge is 0.198 e. The molecular weight excluding hydrogens is 236 g/mol. The Morgan fingerprint density at radius 3 is 2.33 bits per heavy atom. The van der Waals surface area contributed by atoms with Crippen molar-refractivity contribution in [3.63, 3.8) is 0 Å². The molecule has 0 aliphatic carbocycles. The number of hydrogen-bond donors (Lipinski definition) is 2. The Bertz CT molecular complexity index is 565. The third kappa shape index (κ3) is 3.04. The van der Waals surface area contributed by atoms with Crippen molar-refractivity contribution in [1.82, 2.24) is 0 Å². The first-order chi connectivity index (χ1) is 8.65. The van der Waals surface area contributed by atoms with Crippen molar-refractivity contribution in [1.29, 1.82) is 0 Å². The highest BCUT2D eigenvalue weighted by Crippen LogP contribution is 2.16. The molecule has 0 heterocycles. The minimum atomic E-state index is -0.457. The van der Waals surface area contributed by atoms with E-state index in [1.807, 2.05) is 0 Å². The zero-order chi connectivity index (χ0) is 13.0. The average molecular weight is 247 g/mol. The molecule has 5 heteroatoms. The van der Waals surface area contributed by atoms with Crippen LogP contribution in [0.5, 0.6) is 0 Å². The summed E-state index contributed by atoms with van der Waals surface area (Å²) < 4.78 is 26.0. The van der Waals surface area contributed by atoms with E-state index in [0.29, 0.717) is 5.69 Å². The summed E-state index contributed by atoms with van der Waals surface area (Å²) in [6, 6.07) is 11.6. The van der Waals surface area contributed by atoms with E-state index in [-0.39, 0.29) is 17.5 Å². The number of nitrogens with two attached hydrogens (primary N) is 1. The van der Waals surface area contributed by atoms with Gasteiger partial charge in [-0.1, -0.05) is 12.1 Å². The van der Waals surface area contributed by atoms with Crippen LogP contribution in [0.15, 0.2) is 53.5 Å². The molecule has 0 aromatic heterocycles. The molecular formula is C13H11F2N3. The van der Waals surface area contributed by atoms with Crippen LogP contribution in [0.3, 0.4) is 0 Å². The molecule has 18 heavy (non-hydrogen) atoms. The number of para-hydroxylation sites is 1. The molecule has 0 bridgehead atoms. The Labute approximate surface area is 103 Å². The van der Waals surface area contributed by atoms with Crippen molar-refractivity contribution in [2.24, 2.45) is 10.7 Å². The fourth-order valence-corrected chi connectivity index (χ4v) is 1.38. The number of rotatable bonds is 2. The first-order valence-electron chi connectivity index (χ1n) is 5.26. The Morgan fingerprint density at radius 1 is 1.00 bits per heavy atom. The molecule has 2 aromatic carbocycles. The highest BCUT2D eigenvalue weighted by atomic mass is 19.1. The molecule has 0 unspecified atom stereocenters. The topological polar surface area (TPSA) is 50.4 Å². The average Bonchev–Trinajstić information content (AvgIpc) is 2.35.